The molecule has 0 saturated heterocycles. The summed E-state index contributed by atoms with van der Waals surface area (Å²) in [5.41, 5.74) is 1.93. The lowest BCUT2D eigenvalue weighted by Crippen LogP contribution is -2.21. The number of ketones is 1. The molecule has 0 aliphatic heterocycles. The van der Waals surface area contributed by atoms with Crippen LogP contribution in [0.4, 0.5) is 13.2 Å². The van der Waals surface area contributed by atoms with Crippen molar-refractivity contribution in [2.75, 3.05) is 0 Å². The summed E-state index contributed by atoms with van der Waals surface area (Å²) in [6.07, 6.45) is -4.33. The van der Waals surface area contributed by atoms with Crippen LogP contribution in [0.3, 0.4) is 0 Å². The highest BCUT2D eigenvalue weighted by molar-refractivity contribution is 5.95. The highest BCUT2D eigenvalue weighted by Crippen LogP contribution is 2.34. The maximum Gasteiger partial charge on any atom is 0.395 e. The molecule has 1 atom stereocenters. The number of para-hydroxylation sites is 1. The number of fused-ring (bicyclic) bond motifs is 1. The molecule has 1 unspecified atom stereocenters. The van der Waals surface area contributed by atoms with E-state index >= 15 is 0 Å². The number of carbonyl (C=O) groups is 1. The van der Waals surface area contributed by atoms with E-state index in [1.54, 1.807) is 48.7 Å². The SMILES string of the molecule is O=C(CC(F)(F)F)C(c1ccccc1)c1c[nH]c2ccccc12. The first-order chi connectivity index (χ1) is 11.0. The van der Waals surface area contributed by atoms with Gasteiger partial charge in [-0.15, -0.1) is 0 Å². The van der Waals surface area contributed by atoms with Crippen molar-refractivity contribution in [1.82, 2.24) is 4.98 Å². The van der Waals surface area contributed by atoms with E-state index in [4.69, 9.17) is 0 Å². The third-order valence-electron chi connectivity index (χ3n) is 3.76. The number of hydrogen-bond donors (Lipinski definition) is 1. The number of nitrogens with one attached hydrogen (secondary N) is 1. The van der Waals surface area contributed by atoms with Gasteiger partial charge in [0, 0.05) is 17.1 Å². The Morgan fingerprint density at radius 2 is 1.65 bits per heavy atom. The predicted molar refractivity (Wildman–Crippen MR) is 82.3 cm³/mol. The maximum atomic E-state index is 12.7. The van der Waals surface area contributed by atoms with Crippen LogP contribution in [0, 0.1) is 0 Å². The van der Waals surface area contributed by atoms with Gasteiger partial charge in [0.15, 0.2) is 5.78 Å². The lowest BCUT2D eigenvalue weighted by molar-refractivity contribution is -0.152. The molecular weight excluding hydrogens is 303 g/mol. The summed E-state index contributed by atoms with van der Waals surface area (Å²) in [7, 11) is 0. The van der Waals surface area contributed by atoms with Gasteiger partial charge in [-0.05, 0) is 17.2 Å². The highest BCUT2D eigenvalue weighted by Gasteiger charge is 2.36. The average molecular weight is 317 g/mol. The Balaban J connectivity index is 2.10. The van der Waals surface area contributed by atoms with Gasteiger partial charge in [-0.25, -0.2) is 0 Å². The molecule has 0 amide bonds. The number of aromatic amines is 1. The number of alkyl halides is 3. The number of Topliss-reactive ketones (excluding diaryl/α,β-unsaturated/α-hetero) is 1. The molecule has 3 rings (SSSR count). The maximum absolute atomic E-state index is 12.7. The van der Waals surface area contributed by atoms with Crippen LogP contribution in [-0.4, -0.2) is 16.9 Å². The van der Waals surface area contributed by atoms with Crippen molar-refractivity contribution in [1.29, 1.82) is 0 Å². The minimum atomic E-state index is -4.52. The third-order valence-corrected chi connectivity index (χ3v) is 3.76. The number of halogens is 3. The fourth-order valence-electron chi connectivity index (χ4n) is 2.82. The molecule has 0 aliphatic carbocycles. The zero-order valence-electron chi connectivity index (χ0n) is 12.1. The molecule has 23 heavy (non-hydrogen) atoms. The quantitative estimate of drug-likeness (QED) is 0.735. The molecule has 0 aliphatic rings. The molecule has 0 radical (unpaired) electrons. The van der Waals surface area contributed by atoms with Gasteiger partial charge in [0.2, 0.25) is 0 Å². The second kappa shape index (κ2) is 5.91. The Hall–Kier alpha value is -2.56. The molecule has 0 spiro atoms. The van der Waals surface area contributed by atoms with Crippen LogP contribution in [0.1, 0.15) is 23.5 Å². The highest BCUT2D eigenvalue weighted by atomic mass is 19.4. The second-order valence-electron chi connectivity index (χ2n) is 5.39. The van der Waals surface area contributed by atoms with E-state index in [1.807, 2.05) is 12.1 Å². The van der Waals surface area contributed by atoms with Gasteiger partial charge in [-0.3, -0.25) is 4.79 Å². The van der Waals surface area contributed by atoms with Gasteiger partial charge in [-0.1, -0.05) is 48.5 Å². The molecule has 3 aromatic rings. The number of carbonyl (C=O) groups excluding carboxylic acids is 1. The van der Waals surface area contributed by atoms with Gasteiger partial charge in [-0.2, -0.15) is 13.2 Å². The first-order valence-corrected chi connectivity index (χ1v) is 7.16. The van der Waals surface area contributed by atoms with E-state index < -0.39 is 24.3 Å². The number of benzene rings is 2. The summed E-state index contributed by atoms with van der Waals surface area (Å²) in [6.45, 7) is 0. The van der Waals surface area contributed by atoms with Crippen LogP contribution >= 0.6 is 0 Å². The molecule has 1 aromatic heterocycles. The fraction of sp³-hybridized carbons (Fsp3) is 0.167. The van der Waals surface area contributed by atoms with Gasteiger partial charge in [0.05, 0.1) is 5.92 Å². The average Bonchev–Trinajstić information content (AvgIpc) is 2.91. The second-order valence-corrected chi connectivity index (χ2v) is 5.39. The number of rotatable bonds is 4. The fourth-order valence-corrected chi connectivity index (χ4v) is 2.82. The van der Waals surface area contributed by atoms with Crippen molar-refractivity contribution in [3.8, 4) is 0 Å². The number of aromatic nitrogens is 1. The van der Waals surface area contributed by atoms with Crippen LogP contribution < -0.4 is 0 Å². The third kappa shape index (κ3) is 3.28. The lowest BCUT2D eigenvalue weighted by atomic mass is 9.86. The molecule has 1 heterocycles. The first kappa shape index (κ1) is 15.3. The minimum Gasteiger partial charge on any atom is -0.361 e. The van der Waals surface area contributed by atoms with Crippen LogP contribution in [0.25, 0.3) is 10.9 Å². The van der Waals surface area contributed by atoms with Crippen LogP contribution in [0.2, 0.25) is 0 Å². The molecule has 2 nitrogen and oxygen atoms in total. The lowest BCUT2D eigenvalue weighted by Gasteiger charge is -2.17. The number of H-pyrrole nitrogens is 1. The Morgan fingerprint density at radius 3 is 2.35 bits per heavy atom. The smallest absolute Gasteiger partial charge is 0.361 e. The van der Waals surface area contributed by atoms with Gasteiger partial charge in [0.1, 0.15) is 6.42 Å². The zero-order chi connectivity index (χ0) is 16.4. The Kier molecular flexibility index (Phi) is 3.94. The summed E-state index contributed by atoms with van der Waals surface area (Å²) in [5.74, 6) is -1.79. The Bertz CT molecular complexity index is 821. The van der Waals surface area contributed by atoms with E-state index in [2.05, 4.69) is 4.98 Å². The predicted octanol–water partition coefficient (Wildman–Crippen LogP) is 4.82. The van der Waals surface area contributed by atoms with Gasteiger partial charge >= 0.3 is 6.18 Å². The minimum absolute atomic E-state index is 0.562. The van der Waals surface area contributed by atoms with Crippen LogP contribution in [0.5, 0.6) is 0 Å². The van der Waals surface area contributed by atoms with E-state index in [0.717, 1.165) is 10.9 Å². The van der Waals surface area contributed by atoms with Crippen LogP contribution in [-0.2, 0) is 4.79 Å². The largest absolute Gasteiger partial charge is 0.395 e. The van der Waals surface area contributed by atoms with Crippen molar-refractivity contribution in [3.63, 3.8) is 0 Å². The molecule has 1 N–H and O–H groups in total. The molecule has 118 valence electrons. The van der Waals surface area contributed by atoms with E-state index in [-0.39, 0.29) is 0 Å². The summed E-state index contributed by atoms with van der Waals surface area (Å²) in [5, 5.41) is 0.761. The monoisotopic (exact) mass is 317 g/mol. The summed E-state index contributed by atoms with van der Waals surface area (Å²) < 4.78 is 38.1. The Morgan fingerprint density at radius 1 is 1.00 bits per heavy atom. The molecule has 5 heteroatoms. The van der Waals surface area contributed by atoms with Crippen molar-refractivity contribution < 1.29 is 18.0 Å². The van der Waals surface area contributed by atoms with E-state index in [9.17, 15) is 18.0 Å². The van der Waals surface area contributed by atoms with Crippen molar-refractivity contribution in [2.45, 2.75) is 18.5 Å². The zero-order valence-corrected chi connectivity index (χ0v) is 12.1. The van der Waals surface area contributed by atoms with E-state index in [0.29, 0.717) is 11.1 Å². The molecule has 0 fully saturated rings. The van der Waals surface area contributed by atoms with Crippen molar-refractivity contribution in [2.24, 2.45) is 0 Å². The molecule has 0 bridgehead atoms. The molecule has 2 aromatic carbocycles. The topological polar surface area (TPSA) is 32.9 Å². The van der Waals surface area contributed by atoms with E-state index in [1.165, 1.54) is 0 Å². The van der Waals surface area contributed by atoms with Crippen molar-refractivity contribution >= 4 is 16.7 Å². The standard InChI is InChI=1S/C18H14F3NO/c19-18(20,21)10-16(23)17(12-6-2-1-3-7-12)14-11-22-15-9-5-4-8-13(14)15/h1-9,11,17,22H,10H2. The summed E-state index contributed by atoms with van der Waals surface area (Å²) >= 11 is 0. The number of hydrogen-bond acceptors (Lipinski definition) is 1. The Labute approximate surface area is 130 Å². The summed E-state index contributed by atoms with van der Waals surface area (Å²) in [4.78, 5) is 15.4. The summed E-state index contributed by atoms with van der Waals surface area (Å²) in [6, 6.07) is 15.8. The molecule has 0 saturated carbocycles. The first-order valence-electron chi connectivity index (χ1n) is 7.16. The van der Waals surface area contributed by atoms with Crippen molar-refractivity contribution in [3.05, 3.63) is 71.9 Å². The van der Waals surface area contributed by atoms with Gasteiger partial charge < -0.3 is 4.98 Å². The van der Waals surface area contributed by atoms with Gasteiger partial charge in [0.25, 0.3) is 0 Å². The molecular formula is C18H14F3NO. The van der Waals surface area contributed by atoms with Crippen LogP contribution in [0.15, 0.2) is 60.8 Å². The normalized spacial score (nSPS) is 13.2.